The summed E-state index contributed by atoms with van der Waals surface area (Å²) in [5.74, 6) is -2.29. The number of carbonyl (C=O) groups is 2. The fourth-order valence-electron chi connectivity index (χ4n) is 2.61. The Hall–Kier alpha value is -2.49. The van der Waals surface area contributed by atoms with Crippen molar-refractivity contribution in [2.45, 2.75) is 24.8 Å². The van der Waals surface area contributed by atoms with E-state index in [-0.39, 0.29) is 22.2 Å². The van der Waals surface area contributed by atoms with Crippen LogP contribution in [0.15, 0.2) is 47.4 Å². The first-order chi connectivity index (χ1) is 13.9. The maximum absolute atomic E-state index is 13.9. The molecule has 2 amide bonds. The van der Waals surface area contributed by atoms with Crippen molar-refractivity contribution in [3.8, 4) is 0 Å². The molecule has 7 nitrogen and oxygen atoms in total. The molecule has 0 heterocycles. The molecule has 0 aliphatic heterocycles. The van der Waals surface area contributed by atoms with Crippen LogP contribution in [-0.4, -0.2) is 45.3 Å². The second-order valence-electron chi connectivity index (χ2n) is 7.16. The van der Waals surface area contributed by atoms with Crippen LogP contribution < -0.4 is 10.0 Å². The van der Waals surface area contributed by atoms with Gasteiger partial charge in [-0.2, -0.15) is 4.72 Å². The molecule has 10 heteroatoms. The molecule has 2 aromatic rings. The Morgan fingerprint density at radius 2 is 1.73 bits per heavy atom. The van der Waals surface area contributed by atoms with Crippen LogP contribution in [0.1, 0.15) is 24.2 Å². The number of amides is 2. The fourth-order valence-corrected chi connectivity index (χ4v) is 4.30. The van der Waals surface area contributed by atoms with Crippen LogP contribution in [0.3, 0.4) is 0 Å². The van der Waals surface area contributed by atoms with Gasteiger partial charge in [0, 0.05) is 19.8 Å². The van der Waals surface area contributed by atoms with Gasteiger partial charge in [0.05, 0.1) is 10.6 Å². The molecule has 0 aliphatic carbocycles. The van der Waals surface area contributed by atoms with Crippen LogP contribution in [0.5, 0.6) is 0 Å². The monoisotopic (exact) mass is 455 g/mol. The normalized spacial score (nSPS) is 12.5. The highest BCUT2D eigenvalue weighted by Crippen LogP contribution is 2.23. The Morgan fingerprint density at radius 1 is 1.10 bits per heavy atom. The van der Waals surface area contributed by atoms with Crippen molar-refractivity contribution in [1.29, 1.82) is 0 Å². The van der Waals surface area contributed by atoms with Crippen molar-refractivity contribution < 1.29 is 22.4 Å². The van der Waals surface area contributed by atoms with E-state index in [1.54, 1.807) is 27.9 Å². The van der Waals surface area contributed by atoms with Gasteiger partial charge < -0.3 is 10.2 Å². The van der Waals surface area contributed by atoms with Gasteiger partial charge in [-0.25, -0.2) is 12.8 Å². The van der Waals surface area contributed by atoms with E-state index < -0.39 is 38.6 Å². The molecular weight excluding hydrogens is 433 g/mol. The summed E-state index contributed by atoms with van der Waals surface area (Å²) in [4.78, 5) is 25.6. The van der Waals surface area contributed by atoms with Gasteiger partial charge in [-0.3, -0.25) is 9.59 Å². The molecule has 2 aromatic carbocycles. The number of sulfonamides is 1. The second kappa shape index (κ2) is 9.55. The lowest BCUT2D eigenvalue weighted by Crippen LogP contribution is -2.47. The lowest BCUT2D eigenvalue weighted by atomic mass is 10.0. The van der Waals surface area contributed by atoms with Crippen LogP contribution in [0, 0.1) is 11.7 Å². The van der Waals surface area contributed by atoms with E-state index >= 15 is 0 Å². The van der Waals surface area contributed by atoms with Gasteiger partial charge in [0.2, 0.25) is 15.9 Å². The fraction of sp³-hybridized carbons (Fsp3) is 0.300. The summed E-state index contributed by atoms with van der Waals surface area (Å²) in [7, 11) is -1.10. The van der Waals surface area contributed by atoms with E-state index in [1.807, 2.05) is 0 Å². The zero-order chi connectivity index (χ0) is 22.6. The minimum atomic E-state index is -4.27. The highest BCUT2D eigenvalue weighted by molar-refractivity contribution is 7.89. The number of hydrogen-bond donors (Lipinski definition) is 2. The molecule has 0 spiro atoms. The standard InChI is InChI=1S/C20H23ClFN3O4S/c1-12(2)18(24-30(28,29)17-8-6-5-7-16(17)22)19(26)23-13-9-10-14(15(21)11-13)20(27)25(3)4/h5-12,18,24H,1-4H3,(H,23,26)/t18-/m0/s1. The molecule has 162 valence electrons. The number of anilines is 1. The predicted molar refractivity (Wildman–Crippen MR) is 113 cm³/mol. The summed E-state index contributed by atoms with van der Waals surface area (Å²) >= 11 is 6.15. The van der Waals surface area contributed by atoms with Crippen molar-refractivity contribution >= 4 is 39.1 Å². The Bertz CT molecular complexity index is 1060. The molecule has 2 N–H and O–H groups in total. The molecule has 2 rings (SSSR count). The van der Waals surface area contributed by atoms with Crippen LogP contribution in [0.4, 0.5) is 10.1 Å². The number of nitrogens with one attached hydrogen (secondary N) is 2. The quantitative estimate of drug-likeness (QED) is 0.670. The molecule has 0 unspecified atom stereocenters. The number of hydrogen-bond acceptors (Lipinski definition) is 4. The molecule has 0 radical (unpaired) electrons. The summed E-state index contributed by atoms with van der Waals surface area (Å²) in [6.45, 7) is 3.31. The van der Waals surface area contributed by atoms with Gasteiger partial charge in [-0.1, -0.05) is 37.6 Å². The van der Waals surface area contributed by atoms with E-state index in [4.69, 9.17) is 11.6 Å². The molecule has 0 bridgehead atoms. The number of halogens is 2. The lowest BCUT2D eigenvalue weighted by Gasteiger charge is -2.22. The zero-order valence-electron chi connectivity index (χ0n) is 16.9. The highest BCUT2D eigenvalue weighted by Gasteiger charge is 2.30. The highest BCUT2D eigenvalue weighted by atomic mass is 35.5. The van der Waals surface area contributed by atoms with Gasteiger partial charge >= 0.3 is 0 Å². The third-order valence-electron chi connectivity index (χ3n) is 4.23. The smallest absolute Gasteiger partial charge is 0.254 e. The first kappa shape index (κ1) is 23.8. The van der Waals surface area contributed by atoms with E-state index in [0.717, 1.165) is 12.1 Å². The third-order valence-corrected chi connectivity index (χ3v) is 6.02. The Kier molecular flexibility index (Phi) is 7.57. The molecular formula is C20H23ClFN3O4S. The summed E-state index contributed by atoms with van der Waals surface area (Å²) in [6.07, 6.45) is 0. The molecule has 0 saturated carbocycles. The zero-order valence-corrected chi connectivity index (χ0v) is 18.5. The van der Waals surface area contributed by atoms with Crippen molar-refractivity contribution in [3.05, 3.63) is 58.9 Å². The Morgan fingerprint density at radius 3 is 2.27 bits per heavy atom. The molecule has 0 aromatic heterocycles. The maximum Gasteiger partial charge on any atom is 0.254 e. The summed E-state index contributed by atoms with van der Waals surface area (Å²) < 4.78 is 41.3. The van der Waals surface area contributed by atoms with Gasteiger partial charge in [0.25, 0.3) is 5.91 Å². The molecule has 0 saturated heterocycles. The topological polar surface area (TPSA) is 95.6 Å². The van der Waals surface area contributed by atoms with Crippen LogP contribution in [-0.2, 0) is 14.8 Å². The summed E-state index contributed by atoms with van der Waals surface area (Å²) in [6, 6.07) is 8.09. The van der Waals surface area contributed by atoms with Gasteiger partial charge in [-0.05, 0) is 36.2 Å². The van der Waals surface area contributed by atoms with E-state index in [1.165, 1.54) is 35.2 Å². The number of benzene rings is 2. The van der Waals surface area contributed by atoms with Crippen molar-refractivity contribution in [2.75, 3.05) is 19.4 Å². The first-order valence-electron chi connectivity index (χ1n) is 9.03. The van der Waals surface area contributed by atoms with Gasteiger partial charge in [0.15, 0.2) is 0 Å². The molecule has 0 fully saturated rings. The number of rotatable bonds is 7. The molecule has 30 heavy (non-hydrogen) atoms. The Labute approximate surface area is 180 Å². The SMILES string of the molecule is CC(C)[C@H](NS(=O)(=O)c1ccccc1F)C(=O)Nc1ccc(C(=O)N(C)C)c(Cl)c1. The maximum atomic E-state index is 13.9. The van der Waals surface area contributed by atoms with Crippen LogP contribution in [0.2, 0.25) is 5.02 Å². The summed E-state index contributed by atoms with van der Waals surface area (Å²) in [5.41, 5.74) is 0.552. The van der Waals surface area contributed by atoms with E-state index in [2.05, 4.69) is 10.0 Å². The predicted octanol–water partition coefficient (Wildman–Crippen LogP) is 3.12. The van der Waals surface area contributed by atoms with Crippen LogP contribution >= 0.6 is 11.6 Å². The van der Waals surface area contributed by atoms with Crippen molar-refractivity contribution in [2.24, 2.45) is 5.92 Å². The van der Waals surface area contributed by atoms with Gasteiger partial charge in [0.1, 0.15) is 16.8 Å². The first-order valence-corrected chi connectivity index (χ1v) is 10.9. The number of nitrogens with zero attached hydrogens (tertiary/aromatic N) is 1. The van der Waals surface area contributed by atoms with E-state index in [0.29, 0.717) is 0 Å². The molecule has 0 aliphatic rings. The van der Waals surface area contributed by atoms with Crippen molar-refractivity contribution in [1.82, 2.24) is 9.62 Å². The second-order valence-corrected chi connectivity index (χ2v) is 9.25. The molecule has 1 atom stereocenters. The summed E-state index contributed by atoms with van der Waals surface area (Å²) in [5, 5.41) is 2.72. The third kappa shape index (κ3) is 5.56. The average Bonchev–Trinajstić information content (AvgIpc) is 2.65. The lowest BCUT2D eigenvalue weighted by molar-refractivity contribution is -0.118. The van der Waals surface area contributed by atoms with Crippen molar-refractivity contribution in [3.63, 3.8) is 0 Å². The average molecular weight is 456 g/mol. The van der Waals surface area contributed by atoms with Gasteiger partial charge in [-0.15, -0.1) is 0 Å². The van der Waals surface area contributed by atoms with E-state index in [9.17, 15) is 22.4 Å². The number of carbonyl (C=O) groups excluding carboxylic acids is 2. The minimum Gasteiger partial charge on any atom is -0.345 e. The van der Waals surface area contributed by atoms with Crippen LogP contribution in [0.25, 0.3) is 0 Å². The Balaban J connectivity index is 2.23. The largest absolute Gasteiger partial charge is 0.345 e. The minimum absolute atomic E-state index is 0.138.